The first-order chi connectivity index (χ1) is 12.2. The number of aliphatic carboxylic acids is 1. The predicted molar refractivity (Wildman–Crippen MR) is 85.3 cm³/mol. The molecule has 10 heteroatoms. The Morgan fingerprint density at radius 3 is 2.12 bits per heavy atom. The summed E-state index contributed by atoms with van der Waals surface area (Å²) in [6.07, 6.45) is -0.546. The summed E-state index contributed by atoms with van der Waals surface area (Å²) >= 11 is 0. The van der Waals surface area contributed by atoms with Crippen molar-refractivity contribution in [3.8, 4) is 0 Å². The van der Waals surface area contributed by atoms with Crippen LogP contribution in [0.5, 0.6) is 0 Å². The van der Waals surface area contributed by atoms with Gasteiger partial charge in [0, 0.05) is 39.1 Å². The topological polar surface area (TPSA) is 90.0 Å². The van der Waals surface area contributed by atoms with E-state index < -0.39 is 43.1 Å². The van der Waals surface area contributed by atoms with Crippen LogP contribution in [0.1, 0.15) is 32.1 Å². The Hall–Kier alpha value is -2.00. The minimum absolute atomic E-state index is 0.0130. The molecule has 2 heterocycles. The molecular formula is C16H24F3N3O4. The average Bonchev–Trinajstić information content (AvgIpc) is 2.85. The molecule has 0 aliphatic carbocycles. The van der Waals surface area contributed by atoms with Crippen LogP contribution in [0.2, 0.25) is 0 Å². The molecule has 2 saturated heterocycles. The van der Waals surface area contributed by atoms with Gasteiger partial charge in [0.1, 0.15) is 0 Å². The molecule has 0 spiro atoms. The van der Waals surface area contributed by atoms with Gasteiger partial charge < -0.3 is 20.2 Å². The summed E-state index contributed by atoms with van der Waals surface area (Å²) in [6.45, 7) is 0.204. The summed E-state index contributed by atoms with van der Waals surface area (Å²) in [4.78, 5) is 37.8. The lowest BCUT2D eigenvalue weighted by molar-refractivity contribution is -0.187. The van der Waals surface area contributed by atoms with E-state index in [1.165, 1.54) is 0 Å². The minimum Gasteiger partial charge on any atom is -0.481 e. The lowest BCUT2D eigenvalue weighted by atomic mass is 9.96. The predicted octanol–water partition coefficient (Wildman–Crippen LogP) is 1.68. The number of amides is 3. The van der Waals surface area contributed by atoms with Crippen molar-refractivity contribution in [3.63, 3.8) is 0 Å². The van der Waals surface area contributed by atoms with Crippen LogP contribution in [0.3, 0.4) is 0 Å². The lowest BCUT2D eigenvalue weighted by Crippen LogP contribution is -2.41. The SMILES string of the molecule is O=C(O)[C@@H]1CN(C(=O)NCCC(=O)N2CCCCCC2)C[C@H]1C(F)(F)F. The zero-order chi connectivity index (χ0) is 19.3. The zero-order valence-electron chi connectivity index (χ0n) is 14.4. The van der Waals surface area contributed by atoms with Crippen LogP contribution in [-0.4, -0.2) is 71.7 Å². The van der Waals surface area contributed by atoms with Crippen molar-refractivity contribution in [1.29, 1.82) is 0 Å². The average molecular weight is 379 g/mol. The lowest BCUT2D eigenvalue weighted by Gasteiger charge is -2.21. The number of carbonyl (C=O) groups is 3. The van der Waals surface area contributed by atoms with E-state index in [1.807, 2.05) is 0 Å². The molecule has 0 saturated carbocycles. The summed E-state index contributed by atoms with van der Waals surface area (Å²) in [7, 11) is 0. The maximum absolute atomic E-state index is 12.9. The van der Waals surface area contributed by atoms with E-state index in [2.05, 4.69) is 5.32 Å². The summed E-state index contributed by atoms with van der Waals surface area (Å²) in [6, 6.07) is -0.772. The third kappa shape index (κ3) is 5.25. The molecular weight excluding hydrogens is 355 g/mol. The number of likely N-dealkylation sites (tertiary alicyclic amines) is 2. The van der Waals surface area contributed by atoms with Crippen molar-refractivity contribution in [3.05, 3.63) is 0 Å². The van der Waals surface area contributed by atoms with Crippen LogP contribution < -0.4 is 5.32 Å². The van der Waals surface area contributed by atoms with Gasteiger partial charge in [0.25, 0.3) is 0 Å². The number of carbonyl (C=O) groups excluding carboxylic acids is 2. The van der Waals surface area contributed by atoms with Crippen molar-refractivity contribution in [1.82, 2.24) is 15.1 Å². The van der Waals surface area contributed by atoms with E-state index in [-0.39, 0.29) is 18.9 Å². The van der Waals surface area contributed by atoms with Crippen LogP contribution in [0.15, 0.2) is 0 Å². The Morgan fingerprint density at radius 2 is 1.62 bits per heavy atom. The van der Waals surface area contributed by atoms with E-state index in [9.17, 15) is 27.6 Å². The van der Waals surface area contributed by atoms with Gasteiger partial charge in [-0.3, -0.25) is 9.59 Å². The number of carboxylic acids is 1. The first-order valence-electron chi connectivity index (χ1n) is 8.80. The van der Waals surface area contributed by atoms with Gasteiger partial charge in [0.05, 0.1) is 11.8 Å². The summed E-state index contributed by atoms with van der Waals surface area (Å²) in [5.41, 5.74) is 0. The normalized spacial score (nSPS) is 24.3. The van der Waals surface area contributed by atoms with Crippen molar-refractivity contribution in [2.24, 2.45) is 11.8 Å². The number of nitrogens with one attached hydrogen (secondary N) is 1. The minimum atomic E-state index is -4.68. The van der Waals surface area contributed by atoms with E-state index in [0.717, 1.165) is 30.6 Å². The molecule has 26 heavy (non-hydrogen) atoms. The third-order valence-electron chi connectivity index (χ3n) is 4.92. The smallest absolute Gasteiger partial charge is 0.394 e. The summed E-state index contributed by atoms with van der Waals surface area (Å²) in [5.74, 6) is -5.41. The molecule has 2 aliphatic heterocycles. The Bertz CT molecular complexity index is 533. The van der Waals surface area contributed by atoms with Crippen molar-refractivity contribution >= 4 is 17.9 Å². The number of hydrogen-bond acceptors (Lipinski definition) is 3. The molecule has 0 aromatic heterocycles. The fraction of sp³-hybridized carbons (Fsp3) is 0.812. The number of nitrogens with zero attached hydrogens (tertiary/aromatic N) is 2. The standard InChI is InChI=1S/C16H24F3N3O4/c17-16(18,19)12-10-22(9-11(12)14(24)25)15(26)20-6-5-13(23)21-7-3-1-2-4-8-21/h11-12H,1-10H2,(H,20,26)(H,24,25)/t11-,12-/m1/s1. The number of alkyl halides is 3. The highest BCUT2D eigenvalue weighted by Crippen LogP contribution is 2.37. The van der Waals surface area contributed by atoms with Gasteiger partial charge >= 0.3 is 18.2 Å². The van der Waals surface area contributed by atoms with Crippen LogP contribution in [0, 0.1) is 11.8 Å². The van der Waals surface area contributed by atoms with Crippen molar-refractivity contribution in [2.75, 3.05) is 32.7 Å². The van der Waals surface area contributed by atoms with Crippen LogP contribution in [0.4, 0.5) is 18.0 Å². The molecule has 2 fully saturated rings. The molecule has 2 aliphatic rings. The molecule has 2 N–H and O–H groups in total. The molecule has 3 amide bonds. The maximum Gasteiger partial charge on any atom is 0.394 e. The molecule has 2 atom stereocenters. The number of hydrogen-bond donors (Lipinski definition) is 2. The monoisotopic (exact) mass is 379 g/mol. The molecule has 0 radical (unpaired) electrons. The zero-order valence-corrected chi connectivity index (χ0v) is 14.4. The Balaban J connectivity index is 1.80. The molecule has 0 unspecified atom stereocenters. The summed E-state index contributed by atoms with van der Waals surface area (Å²) < 4.78 is 38.8. The number of rotatable bonds is 4. The molecule has 0 aromatic carbocycles. The van der Waals surface area contributed by atoms with E-state index in [0.29, 0.717) is 13.1 Å². The quantitative estimate of drug-likeness (QED) is 0.778. The van der Waals surface area contributed by atoms with Crippen LogP contribution in [0.25, 0.3) is 0 Å². The highest BCUT2D eigenvalue weighted by molar-refractivity contribution is 5.79. The Labute approximate surface area is 149 Å². The molecule has 2 rings (SSSR count). The highest BCUT2D eigenvalue weighted by Gasteiger charge is 2.53. The number of halogens is 3. The largest absolute Gasteiger partial charge is 0.481 e. The van der Waals surface area contributed by atoms with Gasteiger partial charge in [0.15, 0.2) is 0 Å². The number of carboxylic acid groups (broad SMARTS) is 1. The maximum atomic E-state index is 12.9. The summed E-state index contributed by atoms with van der Waals surface area (Å²) in [5, 5.41) is 11.4. The van der Waals surface area contributed by atoms with Crippen LogP contribution >= 0.6 is 0 Å². The second-order valence-electron chi connectivity index (χ2n) is 6.77. The van der Waals surface area contributed by atoms with Crippen LogP contribution in [-0.2, 0) is 9.59 Å². The van der Waals surface area contributed by atoms with E-state index in [4.69, 9.17) is 5.11 Å². The Morgan fingerprint density at radius 1 is 1.00 bits per heavy atom. The molecule has 0 bridgehead atoms. The van der Waals surface area contributed by atoms with Gasteiger partial charge in [-0.15, -0.1) is 0 Å². The first kappa shape index (κ1) is 20.3. The highest BCUT2D eigenvalue weighted by atomic mass is 19.4. The fourth-order valence-electron chi connectivity index (χ4n) is 3.42. The van der Waals surface area contributed by atoms with Gasteiger partial charge in [-0.2, -0.15) is 13.2 Å². The van der Waals surface area contributed by atoms with Gasteiger partial charge in [-0.05, 0) is 12.8 Å². The fourth-order valence-corrected chi connectivity index (χ4v) is 3.42. The number of urea groups is 1. The van der Waals surface area contributed by atoms with Crippen molar-refractivity contribution in [2.45, 2.75) is 38.3 Å². The van der Waals surface area contributed by atoms with E-state index >= 15 is 0 Å². The molecule has 7 nitrogen and oxygen atoms in total. The van der Waals surface area contributed by atoms with Gasteiger partial charge in [-0.1, -0.05) is 12.8 Å². The van der Waals surface area contributed by atoms with Crippen molar-refractivity contribution < 1.29 is 32.7 Å². The second kappa shape index (κ2) is 8.59. The van der Waals surface area contributed by atoms with E-state index in [1.54, 1.807) is 4.90 Å². The second-order valence-corrected chi connectivity index (χ2v) is 6.77. The molecule has 148 valence electrons. The first-order valence-corrected chi connectivity index (χ1v) is 8.80. The van der Waals surface area contributed by atoms with Gasteiger partial charge in [0.2, 0.25) is 5.91 Å². The molecule has 0 aromatic rings. The third-order valence-corrected chi connectivity index (χ3v) is 4.92. The van der Waals surface area contributed by atoms with Gasteiger partial charge in [-0.25, -0.2) is 4.79 Å². The Kier molecular flexibility index (Phi) is 6.71.